The Balaban J connectivity index is 1.82. The Morgan fingerprint density at radius 3 is 2.52 bits per heavy atom. The highest BCUT2D eigenvalue weighted by Crippen LogP contribution is 2.16. The lowest BCUT2D eigenvalue weighted by Gasteiger charge is -2.06. The van der Waals surface area contributed by atoms with Crippen molar-refractivity contribution in [3.8, 4) is 0 Å². The summed E-state index contributed by atoms with van der Waals surface area (Å²) in [5, 5.41) is 3.04. The predicted molar refractivity (Wildman–Crippen MR) is 79.4 cm³/mol. The van der Waals surface area contributed by atoms with Crippen molar-refractivity contribution < 1.29 is 13.6 Å². The Bertz CT molecular complexity index is 629. The first-order chi connectivity index (χ1) is 10.0. The van der Waals surface area contributed by atoms with Crippen LogP contribution in [-0.4, -0.2) is 5.91 Å². The van der Waals surface area contributed by atoms with E-state index >= 15 is 0 Å². The summed E-state index contributed by atoms with van der Waals surface area (Å²) in [6.45, 7) is 0. The van der Waals surface area contributed by atoms with Gasteiger partial charge >= 0.3 is 0 Å². The van der Waals surface area contributed by atoms with Crippen LogP contribution in [0, 0.1) is 11.6 Å². The second-order valence-corrected chi connectivity index (χ2v) is 5.09. The summed E-state index contributed by atoms with van der Waals surface area (Å²) in [6, 6.07) is 10.3. The van der Waals surface area contributed by atoms with Gasteiger partial charge in [0.1, 0.15) is 11.6 Å². The predicted octanol–water partition coefficient (Wildman–Crippen LogP) is 4.58. The molecule has 0 aliphatic rings. The van der Waals surface area contributed by atoms with E-state index in [9.17, 15) is 13.6 Å². The Morgan fingerprint density at radius 1 is 1.10 bits per heavy atom. The summed E-state index contributed by atoms with van der Waals surface area (Å²) >= 11 is 5.78. The molecule has 0 unspecified atom stereocenters. The first kappa shape index (κ1) is 15.4. The molecule has 2 nitrogen and oxygen atoms in total. The lowest BCUT2D eigenvalue weighted by molar-refractivity contribution is -0.116. The van der Waals surface area contributed by atoms with Gasteiger partial charge in [-0.25, -0.2) is 8.78 Å². The monoisotopic (exact) mass is 309 g/mol. The summed E-state index contributed by atoms with van der Waals surface area (Å²) in [5.74, 6) is -1.58. The van der Waals surface area contributed by atoms with E-state index in [2.05, 4.69) is 5.32 Å². The topological polar surface area (TPSA) is 29.1 Å². The van der Waals surface area contributed by atoms with Crippen LogP contribution in [0.5, 0.6) is 0 Å². The molecule has 110 valence electrons. The molecule has 0 aromatic heterocycles. The molecule has 2 aromatic rings. The molecule has 0 saturated heterocycles. The molecule has 21 heavy (non-hydrogen) atoms. The molecule has 0 atom stereocenters. The van der Waals surface area contributed by atoms with Gasteiger partial charge in [-0.05, 0) is 42.7 Å². The Labute approximate surface area is 126 Å². The average molecular weight is 310 g/mol. The van der Waals surface area contributed by atoms with Crippen LogP contribution in [0.4, 0.5) is 14.5 Å². The summed E-state index contributed by atoms with van der Waals surface area (Å²) in [5.41, 5.74) is 0.940. The third-order valence-electron chi connectivity index (χ3n) is 2.99. The molecule has 0 saturated carbocycles. The van der Waals surface area contributed by atoms with E-state index < -0.39 is 11.6 Å². The van der Waals surface area contributed by atoms with Crippen molar-refractivity contribution in [2.75, 3.05) is 5.32 Å². The highest BCUT2D eigenvalue weighted by Gasteiger charge is 2.08. The number of hydrogen-bond donors (Lipinski definition) is 1. The van der Waals surface area contributed by atoms with E-state index in [4.69, 9.17) is 11.6 Å². The molecule has 0 aliphatic carbocycles. The third-order valence-corrected chi connectivity index (χ3v) is 3.24. The first-order valence-electron chi connectivity index (χ1n) is 6.54. The van der Waals surface area contributed by atoms with E-state index in [-0.39, 0.29) is 18.0 Å². The van der Waals surface area contributed by atoms with Crippen molar-refractivity contribution in [2.45, 2.75) is 19.3 Å². The van der Waals surface area contributed by atoms with Gasteiger partial charge in [-0.1, -0.05) is 23.7 Å². The normalized spacial score (nSPS) is 10.4. The van der Waals surface area contributed by atoms with Gasteiger partial charge in [0.25, 0.3) is 0 Å². The van der Waals surface area contributed by atoms with Gasteiger partial charge in [0.05, 0.1) is 5.69 Å². The second-order valence-electron chi connectivity index (χ2n) is 4.65. The van der Waals surface area contributed by atoms with Gasteiger partial charge in [0, 0.05) is 17.5 Å². The third kappa shape index (κ3) is 4.83. The van der Waals surface area contributed by atoms with Crippen LogP contribution in [-0.2, 0) is 11.2 Å². The van der Waals surface area contributed by atoms with Gasteiger partial charge in [0.15, 0.2) is 0 Å². The summed E-state index contributed by atoms with van der Waals surface area (Å²) in [7, 11) is 0. The number of aryl methyl sites for hydroxylation is 1. The minimum absolute atomic E-state index is 0.133. The zero-order valence-electron chi connectivity index (χ0n) is 11.2. The van der Waals surface area contributed by atoms with Gasteiger partial charge in [-0.15, -0.1) is 0 Å². The number of hydrogen-bond acceptors (Lipinski definition) is 1. The van der Waals surface area contributed by atoms with E-state index in [1.54, 1.807) is 12.1 Å². The van der Waals surface area contributed by atoms with Crippen LogP contribution < -0.4 is 5.32 Å². The molecule has 1 N–H and O–H groups in total. The molecule has 1 amide bonds. The fourth-order valence-corrected chi connectivity index (χ4v) is 2.04. The van der Waals surface area contributed by atoms with E-state index in [1.165, 1.54) is 0 Å². The molecule has 0 fully saturated rings. The zero-order valence-corrected chi connectivity index (χ0v) is 12.0. The number of anilines is 1. The SMILES string of the molecule is O=C(CCCc1ccc(Cl)cc1)Nc1cc(F)ccc1F. The fourth-order valence-electron chi connectivity index (χ4n) is 1.91. The maximum atomic E-state index is 13.4. The van der Waals surface area contributed by atoms with Crippen molar-refractivity contribution in [3.05, 3.63) is 64.7 Å². The smallest absolute Gasteiger partial charge is 0.224 e. The number of carbonyl (C=O) groups is 1. The quantitative estimate of drug-likeness (QED) is 0.860. The molecular formula is C16H14ClF2NO. The molecule has 5 heteroatoms. The van der Waals surface area contributed by atoms with Crippen molar-refractivity contribution >= 4 is 23.2 Å². The Kier molecular flexibility index (Phi) is 5.28. The van der Waals surface area contributed by atoms with Gasteiger partial charge in [-0.2, -0.15) is 0 Å². The molecule has 2 aromatic carbocycles. The molecule has 0 bridgehead atoms. The van der Waals surface area contributed by atoms with Gasteiger partial charge in [-0.3, -0.25) is 4.79 Å². The Hall–Kier alpha value is -1.94. The van der Waals surface area contributed by atoms with E-state index in [1.807, 2.05) is 12.1 Å². The lowest BCUT2D eigenvalue weighted by Crippen LogP contribution is -2.12. The summed E-state index contributed by atoms with van der Waals surface area (Å²) in [6.07, 6.45) is 1.57. The van der Waals surface area contributed by atoms with E-state index in [0.29, 0.717) is 11.4 Å². The highest BCUT2D eigenvalue weighted by molar-refractivity contribution is 6.30. The van der Waals surface area contributed by atoms with Gasteiger partial charge in [0.2, 0.25) is 5.91 Å². The molecule has 0 aliphatic heterocycles. The number of halogens is 3. The van der Waals surface area contributed by atoms with Crippen molar-refractivity contribution in [1.82, 2.24) is 0 Å². The van der Waals surface area contributed by atoms with E-state index in [0.717, 1.165) is 30.2 Å². The molecule has 0 radical (unpaired) electrons. The number of amides is 1. The van der Waals surface area contributed by atoms with Crippen molar-refractivity contribution in [3.63, 3.8) is 0 Å². The van der Waals surface area contributed by atoms with Crippen molar-refractivity contribution in [1.29, 1.82) is 0 Å². The van der Waals surface area contributed by atoms with Crippen LogP contribution in [0.15, 0.2) is 42.5 Å². The number of carbonyl (C=O) groups excluding carboxylic acids is 1. The van der Waals surface area contributed by atoms with Crippen LogP contribution in [0.3, 0.4) is 0 Å². The molecule has 0 spiro atoms. The van der Waals surface area contributed by atoms with Crippen LogP contribution >= 0.6 is 11.6 Å². The fraction of sp³-hybridized carbons (Fsp3) is 0.188. The zero-order chi connectivity index (χ0) is 15.2. The number of benzene rings is 2. The van der Waals surface area contributed by atoms with Crippen molar-refractivity contribution in [2.24, 2.45) is 0 Å². The second kappa shape index (κ2) is 7.18. The lowest BCUT2D eigenvalue weighted by atomic mass is 10.1. The van der Waals surface area contributed by atoms with Gasteiger partial charge < -0.3 is 5.32 Å². The van der Waals surface area contributed by atoms with Crippen LogP contribution in [0.1, 0.15) is 18.4 Å². The Morgan fingerprint density at radius 2 is 1.81 bits per heavy atom. The number of nitrogens with one attached hydrogen (secondary N) is 1. The highest BCUT2D eigenvalue weighted by atomic mass is 35.5. The maximum Gasteiger partial charge on any atom is 0.224 e. The summed E-state index contributed by atoms with van der Waals surface area (Å²) in [4.78, 5) is 11.7. The molecule has 2 rings (SSSR count). The first-order valence-corrected chi connectivity index (χ1v) is 6.92. The molecular weight excluding hydrogens is 296 g/mol. The van der Waals surface area contributed by atoms with Crippen LogP contribution in [0.2, 0.25) is 5.02 Å². The average Bonchev–Trinajstić information content (AvgIpc) is 2.45. The maximum absolute atomic E-state index is 13.4. The summed E-state index contributed by atoms with van der Waals surface area (Å²) < 4.78 is 26.3. The molecule has 0 heterocycles. The standard InChI is InChI=1S/C16H14ClF2NO/c17-12-6-4-11(5-7-12)2-1-3-16(21)20-15-10-13(18)8-9-14(15)19/h4-10H,1-3H2,(H,20,21). The largest absolute Gasteiger partial charge is 0.324 e. The minimum atomic E-state index is -0.651. The number of rotatable bonds is 5. The minimum Gasteiger partial charge on any atom is -0.324 e. The van der Waals surface area contributed by atoms with Crippen LogP contribution in [0.25, 0.3) is 0 Å².